The Labute approximate surface area is 102 Å². The Hall–Kier alpha value is -1.17. The molecule has 0 saturated heterocycles. The van der Waals surface area contributed by atoms with Gasteiger partial charge >= 0.3 is 0 Å². The van der Waals surface area contributed by atoms with E-state index in [2.05, 4.69) is 18.2 Å². The molecule has 2 N–H and O–H groups in total. The molecule has 16 heavy (non-hydrogen) atoms. The average Bonchev–Trinajstić information content (AvgIpc) is 2.28. The van der Waals surface area contributed by atoms with E-state index >= 15 is 0 Å². The molecule has 86 valence electrons. The minimum atomic E-state index is 0.257. The SMILES string of the molecule is C#CCC(CC)NCc1cc(Cl)ccc1O. The number of phenolic OH excluding ortho intramolecular Hbond substituents is 1. The lowest BCUT2D eigenvalue weighted by Gasteiger charge is -2.14. The van der Waals surface area contributed by atoms with Gasteiger partial charge in [-0.05, 0) is 24.6 Å². The molecule has 0 bridgehead atoms. The molecular formula is C13H16ClNO. The van der Waals surface area contributed by atoms with E-state index in [4.69, 9.17) is 18.0 Å². The third-order valence-electron chi connectivity index (χ3n) is 2.48. The van der Waals surface area contributed by atoms with Crippen molar-refractivity contribution in [2.45, 2.75) is 32.4 Å². The van der Waals surface area contributed by atoms with Crippen LogP contribution in [0.15, 0.2) is 18.2 Å². The highest BCUT2D eigenvalue weighted by Gasteiger charge is 2.06. The Morgan fingerprint density at radius 1 is 1.56 bits per heavy atom. The maximum atomic E-state index is 9.61. The molecule has 0 radical (unpaired) electrons. The van der Waals surface area contributed by atoms with Crippen LogP contribution in [0.25, 0.3) is 0 Å². The van der Waals surface area contributed by atoms with Crippen LogP contribution in [0.2, 0.25) is 5.02 Å². The first-order valence-electron chi connectivity index (χ1n) is 5.31. The topological polar surface area (TPSA) is 32.3 Å². The fourth-order valence-electron chi connectivity index (χ4n) is 1.45. The first-order valence-corrected chi connectivity index (χ1v) is 5.69. The zero-order valence-electron chi connectivity index (χ0n) is 9.33. The minimum absolute atomic E-state index is 0.257. The molecule has 0 aliphatic rings. The highest BCUT2D eigenvalue weighted by atomic mass is 35.5. The summed E-state index contributed by atoms with van der Waals surface area (Å²) in [7, 11) is 0. The molecule has 0 aromatic heterocycles. The van der Waals surface area contributed by atoms with Crippen molar-refractivity contribution in [3.8, 4) is 18.1 Å². The summed E-state index contributed by atoms with van der Waals surface area (Å²) >= 11 is 5.86. The fraction of sp³-hybridized carbons (Fsp3) is 0.385. The Kier molecular flexibility index (Phi) is 5.18. The van der Waals surface area contributed by atoms with E-state index in [0.29, 0.717) is 18.0 Å². The van der Waals surface area contributed by atoms with Crippen molar-refractivity contribution in [2.75, 3.05) is 0 Å². The first kappa shape index (κ1) is 12.9. The van der Waals surface area contributed by atoms with Gasteiger partial charge in [0.25, 0.3) is 0 Å². The molecule has 1 atom stereocenters. The summed E-state index contributed by atoms with van der Waals surface area (Å²) in [6, 6.07) is 5.30. The van der Waals surface area contributed by atoms with Gasteiger partial charge in [-0.25, -0.2) is 0 Å². The monoisotopic (exact) mass is 237 g/mol. The van der Waals surface area contributed by atoms with E-state index in [1.54, 1.807) is 18.2 Å². The summed E-state index contributed by atoms with van der Waals surface area (Å²) in [5.74, 6) is 2.89. The number of nitrogens with one attached hydrogen (secondary N) is 1. The maximum absolute atomic E-state index is 9.61. The van der Waals surface area contributed by atoms with Crippen LogP contribution >= 0.6 is 11.6 Å². The average molecular weight is 238 g/mol. The molecule has 0 aliphatic carbocycles. The van der Waals surface area contributed by atoms with Crippen molar-refractivity contribution < 1.29 is 5.11 Å². The van der Waals surface area contributed by atoms with Gasteiger partial charge in [-0.2, -0.15) is 0 Å². The van der Waals surface area contributed by atoms with E-state index < -0.39 is 0 Å². The number of rotatable bonds is 5. The Balaban J connectivity index is 2.60. The summed E-state index contributed by atoms with van der Waals surface area (Å²) in [6.45, 7) is 2.65. The van der Waals surface area contributed by atoms with Gasteiger partial charge in [0.05, 0.1) is 0 Å². The second-order valence-corrected chi connectivity index (χ2v) is 4.10. The number of phenols is 1. The quantitative estimate of drug-likeness (QED) is 0.772. The van der Waals surface area contributed by atoms with Gasteiger partial charge in [0.2, 0.25) is 0 Å². The molecule has 0 fully saturated rings. The van der Waals surface area contributed by atoms with Crippen LogP contribution in [-0.2, 0) is 6.54 Å². The molecule has 2 nitrogen and oxygen atoms in total. The lowest BCUT2D eigenvalue weighted by atomic mass is 10.1. The zero-order chi connectivity index (χ0) is 12.0. The molecule has 0 aliphatic heterocycles. The third-order valence-corrected chi connectivity index (χ3v) is 2.71. The van der Waals surface area contributed by atoms with Crippen molar-refractivity contribution >= 4 is 11.6 Å². The maximum Gasteiger partial charge on any atom is 0.120 e. The van der Waals surface area contributed by atoms with Gasteiger partial charge in [0, 0.05) is 29.6 Å². The van der Waals surface area contributed by atoms with Crippen LogP contribution in [0.3, 0.4) is 0 Å². The lowest BCUT2D eigenvalue weighted by molar-refractivity contribution is 0.453. The van der Waals surface area contributed by atoms with Crippen molar-refractivity contribution in [2.24, 2.45) is 0 Å². The van der Waals surface area contributed by atoms with Gasteiger partial charge in [0.15, 0.2) is 0 Å². The molecule has 1 aromatic rings. The molecule has 0 spiro atoms. The second-order valence-electron chi connectivity index (χ2n) is 3.67. The van der Waals surface area contributed by atoms with Gasteiger partial charge in [0.1, 0.15) is 5.75 Å². The van der Waals surface area contributed by atoms with Gasteiger partial charge < -0.3 is 10.4 Å². The fourth-order valence-corrected chi connectivity index (χ4v) is 1.65. The van der Waals surface area contributed by atoms with Gasteiger partial charge in [-0.3, -0.25) is 0 Å². The largest absolute Gasteiger partial charge is 0.508 e. The molecule has 0 saturated carbocycles. The zero-order valence-corrected chi connectivity index (χ0v) is 10.1. The van der Waals surface area contributed by atoms with Crippen molar-refractivity contribution in [1.29, 1.82) is 0 Å². The molecule has 1 rings (SSSR count). The summed E-state index contributed by atoms with van der Waals surface area (Å²) in [5.41, 5.74) is 0.794. The van der Waals surface area contributed by atoms with E-state index in [1.807, 2.05) is 0 Å². The summed E-state index contributed by atoms with van der Waals surface area (Å²) in [6.07, 6.45) is 6.92. The summed E-state index contributed by atoms with van der Waals surface area (Å²) < 4.78 is 0. The lowest BCUT2D eigenvalue weighted by Crippen LogP contribution is -2.27. The Morgan fingerprint density at radius 2 is 2.31 bits per heavy atom. The van der Waals surface area contributed by atoms with Crippen LogP contribution < -0.4 is 5.32 Å². The number of aromatic hydroxyl groups is 1. The normalized spacial score (nSPS) is 12.1. The minimum Gasteiger partial charge on any atom is -0.508 e. The molecule has 1 unspecified atom stereocenters. The van der Waals surface area contributed by atoms with Crippen LogP contribution in [0.5, 0.6) is 5.75 Å². The standard InChI is InChI=1S/C13H16ClNO/c1-3-5-12(4-2)15-9-10-8-11(14)6-7-13(10)16/h1,6-8,12,15-16H,4-5,9H2,2H3. The number of halogens is 1. The highest BCUT2D eigenvalue weighted by molar-refractivity contribution is 6.30. The number of terminal acetylenes is 1. The highest BCUT2D eigenvalue weighted by Crippen LogP contribution is 2.21. The number of hydrogen-bond donors (Lipinski definition) is 2. The van der Waals surface area contributed by atoms with Crippen molar-refractivity contribution in [3.63, 3.8) is 0 Å². The predicted molar refractivity (Wildman–Crippen MR) is 67.5 cm³/mol. The molecule has 0 heterocycles. The number of benzene rings is 1. The van der Waals surface area contributed by atoms with Crippen LogP contribution in [0.4, 0.5) is 0 Å². The van der Waals surface area contributed by atoms with Crippen molar-refractivity contribution in [3.05, 3.63) is 28.8 Å². The summed E-state index contributed by atoms with van der Waals surface area (Å²) in [5, 5.41) is 13.5. The number of hydrogen-bond acceptors (Lipinski definition) is 2. The van der Waals surface area contributed by atoms with Crippen molar-refractivity contribution in [1.82, 2.24) is 5.32 Å². The molecule has 1 aromatic carbocycles. The Morgan fingerprint density at radius 3 is 2.94 bits per heavy atom. The second kappa shape index (κ2) is 6.42. The van der Waals surface area contributed by atoms with Gasteiger partial charge in [-0.15, -0.1) is 12.3 Å². The summed E-state index contributed by atoms with van der Waals surface area (Å²) in [4.78, 5) is 0. The third kappa shape index (κ3) is 3.77. The van der Waals surface area contributed by atoms with Crippen LogP contribution in [0, 0.1) is 12.3 Å². The van der Waals surface area contributed by atoms with Gasteiger partial charge in [-0.1, -0.05) is 18.5 Å². The van der Waals surface area contributed by atoms with Crippen LogP contribution in [-0.4, -0.2) is 11.1 Å². The molecule has 0 amide bonds. The smallest absolute Gasteiger partial charge is 0.120 e. The van der Waals surface area contributed by atoms with E-state index in [9.17, 15) is 5.11 Å². The predicted octanol–water partition coefficient (Wildman–Crippen LogP) is 2.94. The first-order chi connectivity index (χ1) is 7.67. The Bertz CT molecular complexity index is 384. The van der Waals surface area contributed by atoms with E-state index in [1.165, 1.54) is 0 Å². The molecule has 3 heteroatoms. The van der Waals surface area contributed by atoms with E-state index in [0.717, 1.165) is 12.0 Å². The molecular weight excluding hydrogens is 222 g/mol. The van der Waals surface area contributed by atoms with E-state index in [-0.39, 0.29) is 11.8 Å². The van der Waals surface area contributed by atoms with Crippen LogP contribution in [0.1, 0.15) is 25.3 Å².